The van der Waals surface area contributed by atoms with E-state index in [9.17, 15) is 0 Å². The van der Waals surface area contributed by atoms with Crippen LogP contribution in [0.3, 0.4) is 0 Å². The van der Waals surface area contributed by atoms with Gasteiger partial charge in [0, 0.05) is 30.8 Å². The highest BCUT2D eigenvalue weighted by atomic mass is 32.2. The van der Waals surface area contributed by atoms with Crippen molar-refractivity contribution in [3.8, 4) is 0 Å². The molecule has 18 heavy (non-hydrogen) atoms. The average Bonchev–Trinajstić information content (AvgIpc) is 2.35. The lowest BCUT2D eigenvalue weighted by molar-refractivity contribution is 0.763. The number of rotatable bonds is 6. The van der Waals surface area contributed by atoms with Gasteiger partial charge in [-0.3, -0.25) is 0 Å². The van der Waals surface area contributed by atoms with Gasteiger partial charge in [0.05, 0.1) is 0 Å². The number of hydrogen-bond acceptors (Lipinski definition) is 6. The number of aromatic nitrogens is 2. The van der Waals surface area contributed by atoms with E-state index >= 15 is 0 Å². The van der Waals surface area contributed by atoms with E-state index in [2.05, 4.69) is 47.4 Å². The Kier molecular flexibility index (Phi) is 5.68. The first kappa shape index (κ1) is 15.0. The summed E-state index contributed by atoms with van der Waals surface area (Å²) in [6.45, 7) is 7.11. The van der Waals surface area contributed by atoms with Crippen molar-refractivity contribution in [2.75, 3.05) is 35.9 Å². The number of nitrogen functional groups attached to an aromatic ring is 1. The molecule has 0 amide bonds. The molecule has 5 nitrogen and oxygen atoms in total. The normalized spacial score (nSPS) is 10.8. The van der Waals surface area contributed by atoms with Gasteiger partial charge in [0.2, 0.25) is 0 Å². The maximum Gasteiger partial charge on any atom is 0.148 e. The van der Waals surface area contributed by atoms with Crippen LogP contribution in [0.2, 0.25) is 0 Å². The van der Waals surface area contributed by atoms with E-state index in [0.29, 0.717) is 5.82 Å². The average molecular weight is 269 g/mol. The summed E-state index contributed by atoms with van der Waals surface area (Å²) in [5.41, 5.74) is 3.65. The smallest absolute Gasteiger partial charge is 0.148 e. The second-order valence-corrected chi connectivity index (χ2v) is 5.58. The van der Waals surface area contributed by atoms with Gasteiger partial charge in [0.25, 0.3) is 0 Å². The van der Waals surface area contributed by atoms with Crippen LogP contribution in [0, 0.1) is 6.92 Å². The van der Waals surface area contributed by atoms with Crippen LogP contribution in [0.15, 0.2) is 0 Å². The highest BCUT2D eigenvalue weighted by molar-refractivity contribution is 7.98. The van der Waals surface area contributed by atoms with Gasteiger partial charge in [0.15, 0.2) is 0 Å². The lowest BCUT2D eigenvalue weighted by Crippen LogP contribution is -2.24. The van der Waals surface area contributed by atoms with E-state index < -0.39 is 0 Å². The van der Waals surface area contributed by atoms with Gasteiger partial charge < -0.3 is 10.3 Å². The molecule has 6 heteroatoms. The molecule has 0 aliphatic rings. The van der Waals surface area contributed by atoms with E-state index in [1.54, 1.807) is 0 Å². The molecular weight excluding hydrogens is 246 g/mol. The summed E-state index contributed by atoms with van der Waals surface area (Å²) < 4.78 is 0. The van der Waals surface area contributed by atoms with Gasteiger partial charge in [0.1, 0.15) is 17.5 Å². The van der Waals surface area contributed by atoms with Crippen LogP contribution < -0.4 is 16.2 Å². The number of nitrogens with two attached hydrogens (primary N) is 1. The Balaban J connectivity index is 3.11. The summed E-state index contributed by atoms with van der Waals surface area (Å²) in [5, 5.41) is 0. The Labute approximate surface area is 114 Å². The number of nitrogens with one attached hydrogen (secondary N) is 1. The Bertz CT molecular complexity index is 394. The summed E-state index contributed by atoms with van der Waals surface area (Å²) >= 11 is 1.83. The molecule has 0 fully saturated rings. The molecule has 0 bridgehead atoms. The van der Waals surface area contributed by atoms with Crippen molar-refractivity contribution < 1.29 is 0 Å². The summed E-state index contributed by atoms with van der Waals surface area (Å²) in [4.78, 5) is 11.2. The maximum atomic E-state index is 5.53. The zero-order valence-electron chi connectivity index (χ0n) is 11.8. The lowest BCUT2D eigenvalue weighted by Gasteiger charge is -2.22. The Morgan fingerprint density at radius 1 is 1.39 bits per heavy atom. The van der Waals surface area contributed by atoms with Crippen LogP contribution in [0.1, 0.15) is 31.2 Å². The third-order valence-corrected chi connectivity index (χ3v) is 3.37. The molecule has 1 heterocycles. The van der Waals surface area contributed by atoms with E-state index in [4.69, 9.17) is 5.84 Å². The van der Waals surface area contributed by atoms with Crippen molar-refractivity contribution in [3.63, 3.8) is 0 Å². The molecule has 0 aliphatic carbocycles. The van der Waals surface area contributed by atoms with Gasteiger partial charge in [-0.15, -0.1) is 0 Å². The first-order valence-electron chi connectivity index (χ1n) is 6.06. The Morgan fingerprint density at radius 3 is 2.56 bits per heavy atom. The van der Waals surface area contributed by atoms with Crippen molar-refractivity contribution in [2.45, 2.75) is 26.7 Å². The van der Waals surface area contributed by atoms with Crippen LogP contribution in [-0.2, 0) is 0 Å². The summed E-state index contributed by atoms with van der Waals surface area (Å²) in [5.74, 6) is 9.36. The fourth-order valence-electron chi connectivity index (χ4n) is 1.63. The number of hydrazine groups is 1. The minimum atomic E-state index is 0.283. The predicted molar refractivity (Wildman–Crippen MR) is 80.3 cm³/mol. The molecule has 0 spiro atoms. The molecular formula is C12H23N5S. The van der Waals surface area contributed by atoms with Gasteiger partial charge in [-0.25, -0.2) is 15.8 Å². The van der Waals surface area contributed by atoms with Gasteiger partial charge in [-0.1, -0.05) is 13.8 Å². The fourth-order valence-corrected chi connectivity index (χ4v) is 2.08. The second-order valence-electron chi connectivity index (χ2n) is 4.59. The minimum absolute atomic E-state index is 0.283. The Morgan fingerprint density at radius 2 is 2.06 bits per heavy atom. The van der Waals surface area contributed by atoms with Crippen LogP contribution in [0.4, 0.5) is 11.6 Å². The number of thioether (sulfide) groups is 1. The Hall–Kier alpha value is -1.01. The SMILES string of the molecule is CSCCN(C)c1nc(C(C)C)nc(NN)c1C. The summed E-state index contributed by atoms with van der Waals surface area (Å²) in [6, 6.07) is 0. The molecule has 1 aromatic rings. The highest BCUT2D eigenvalue weighted by Gasteiger charge is 2.15. The molecule has 1 rings (SSSR count). The van der Waals surface area contributed by atoms with Gasteiger partial charge in [-0.2, -0.15) is 11.8 Å². The summed E-state index contributed by atoms with van der Waals surface area (Å²) in [7, 11) is 2.05. The van der Waals surface area contributed by atoms with Gasteiger partial charge in [-0.05, 0) is 13.2 Å². The largest absolute Gasteiger partial charge is 0.358 e. The first-order valence-corrected chi connectivity index (χ1v) is 7.45. The third kappa shape index (κ3) is 3.49. The van der Waals surface area contributed by atoms with Gasteiger partial charge >= 0.3 is 0 Å². The predicted octanol–water partition coefficient (Wildman–Crippen LogP) is 1.99. The van der Waals surface area contributed by atoms with Crippen molar-refractivity contribution in [1.82, 2.24) is 9.97 Å². The minimum Gasteiger partial charge on any atom is -0.358 e. The number of anilines is 2. The second kappa shape index (κ2) is 6.80. The van der Waals surface area contributed by atoms with E-state index in [1.165, 1.54) is 0 Å². The van der Waals surface area contributed by atoms with Crippen molar-refractivity contribution >= 4 is 23.4 Å². The van der Waals surface area contributed by atoms with E-state index in [1.807, 2.05) is 18.7 Å². The zero-order chi connectivity index (χ0) is 13.7. The molecule has 0 aliphatic heterocycles. The monoisotopic (exact) mass is 269 g/mol. The maximum absolute atomic E-state index is 5.53. The van der Waals surface area contributed by atoms with Crippen molar-refractivity contribution in [1.29, 1.82) is 0 Å². The quantitative estimate of drug-likeness (QED) is 0.608. The molecule has 0 unspecified atom stereocenters. The molecule has 0 radical (unpaired) electrons. The molecule has 0 saturated carbocycles. The topological polar surface area (TPSA) is 67.1 Å². The van der Waals surface area contributed by atoms with Crippen molar-refractivity contribution in [2.24, 2.45) is 5.84 Å². The fraction of sp³-hybridized carbons (Fsp3) is 0.667. The molecule has 0 atom stereocenters. The molecule has 3 N–H and O–H groups in total. The van der Waals surface area contributed by atoms with Crippen molar-refractivity contribution in [3.05, 3.63) is 11.4 Å². The molecule has 102 valence electrons. The van der Waals surface area contributed by atoms with E-state index in [0.717, 1.165) is 29.5 Å². The number of nitrogens with zero attached hydrogens (tertiary/aromatic N) is 3. The lowest BCUT2D eigenvalue weighted by atomic mass is 10.2. The highest BCUT2D eigenvalue weighted by Crippen LogP contribution is 2.24. The van der Waals surface area contributed by atoms with Crippen LogP contribution in [0.5, 0.6) is 0 Å². The molecule has 0 aromatic carbocycles. The van der Waals surface area contributed by atoms with Crippen LogP contribution in [0.25, 0.3) is 0 Å². The molecule has 0 saturated heterocycles. The van der Waals surface area contributed by atoms with Crippen LogP contribution in [-0.4, -0.2) is 35.6 Å². The first-order chi connectivity index (χ1) is 8.51. The zero-order valence-corrected chi connectivity index (χ0v) is 12.6. The molecule has 1 aromatic heterocycles. The standard InChI is InChI=1S/C12H23N5S/c1-8(2)10-14-11(16-13)9(3)12(15-10)17(4)6-7-18-5/h8H,6-7,13H2,1-5H3,(H,14,15,16). The van der Waals surface area contributed by atoms with E-state index in [-0.39, 0.29) is 5.92 Å². The summed E-state index contributed by atoms with van der Waals surface area (Å²) in [6.07, 6.45) is 2.10. The third-order valence-electron chi connectivity index (χ3n) is 2.78. The van der Waals surface area contributed by atoms with Crippen LogP contribution >= 0.6 is 11.8 Å². The number of hydrogen-bond donors (Lipinski definition) is 2.